The normalized spacial score (nSPS) is 14.5. The molecule has 0 bridgehead atoms. The number of Topliss-reactive ketones (excluding diaryl/α,β-unsaturated/α-hetero) is 1. The zero-order chi connectivity index (χ0) is 8.72. The SMILES string of the molecule is O=C1C(Cl)=Nc2ccc(Cl)cc21. The molecule has 1 aromatic rings. The maximum absolute atomic E-state index is 11.2. The summed E-state index contributed by atoms with van der Waals surface area (Å²) >= 11 is 11.2. The fourth-order valence-electron chi connectivity index (χ4n) is 1.06. The fraction of sp³-hybridized carbons (Fsp3) is 0. The summed E-state index contributed by atoms with van der Waals surface area (Å²) in [6, 6.07) is 4.91. The van der Waals surface area contributed by atoms with Gasteiger partial charge >= 0.3 is 0 Å². The number of nitrogens with zero attached hydrogens (tertiary/aromatic N) is 1. The number of hydrogen-bond acceptors (Lipinski definition) is 2. The highest BCUT2D eigenvalue weighted by Crippen LogP contribution is 2.29. The number of aliphatic imine (C=N–C) groups is 1. The maximum Gasteiger partial charge on any atom is 0.225 e. The molecule has 0 unspecified atom stereocenters. The van der Waals surface area contributed by atoms with Crippen molar-refractivity contribution in [1.82, 2.24) is 0 Å². The fourth-order valence-corrected chi connectivity index (χ4v) is 1.42. The molecule has 4 heteroatoms. The average Bonchev–Trinajstić information content (AvgIpc) is 2.31. The lowest BCUT2D eigenvalue weighted by Crippen LogP contribution is -2.00. The Kier molecular flexibility index (Phi) is 1.67. The van der Waals surface area contributed by atoms with Gasteiger partial charge in [-0.3, -0.25) is 4.79 Å². The van der Waals surface area contributed by atoms with E-state index in [1.165, 1.54) is 0 Å². The van der Waals surface area contributed by atoms with Crippen LogP contribution in [0.5, 0.6) is 0 Å². The minimum absolute atomic E-state index is 0.00673. The van der Waals surface area contributed by atoms with Crippen molar-refractivity contribution in [2.45, 2.75) is 0 Å². The number of hydrogen-bond donors (Lipinski definition) is 0. The van der Waals surface area contributed by atoms with Gasteiger partial charge in [-0.25, -0.2) is 4.99 Å². The second-order valence-corrected chi connectivity index (χ2v) is 3.19. The second-order valence-electron chi connectivity index (χ2n) is 2.39. The molecule has 2 nitrogen and oxygen atoms in total. The zero-order valence-corrected chi connectivity index (χ0v) is 7.36. The number of benzene rings is 1. The van der Waals surface area contributed by atoms with Crippen molar-refractivity contribution in [2.75, 3.05) is 0 Å². The van der Waals surface area contributed by atoms with E-state index >= 15 is 0 Å². The monoisotopic (exact) mass is 199 g/mol. The Morgan fingerprint density at radius 1 is 1.25 bits per heavy atom. The van der Waals surface area contributed by atoms with E-state index in [0.29, 0.717) is 16.3 Å². The Balaban J connectivity index is 2.65. The molecule has 0 saturated heterocycles. The molecule has 1 aromatic carbocycles. The van der Waals surface area contributed by atoms with Crippen molar-refractivity contribution in [3.63, 3.8) is 0 Å². The highest BCUT2D eigenvalue weighted by atomic mass is 35.5. The molecule has 60 valence electrons. The van der Waals surface area contributed by atoms with Gasteiger partial charge in [0.2, 0.25) is 5.78 Å². The lowest BCUT2D eigenvalue weighted by atomic mass is 10.1. The molecule has 0 N–H and O–H groups in total. The van der Waals surface area contributed by atoms with Gasteiger partial charge in [0.05, 0.1) is 11.3 Å². The summed E-state index contributed by atoms with van der Waals surface area (Å²) in [5.74, 6) is -0.255. The van der Waals surface area contributed by atoms with Gasteiger partial charge in [-0.1, -0.05) is 23.2 Å². The highest BCUT2D eigenvalue weighted by Gasteiger charge is 2.22. The maximum atomic E-state index is 11.2. The standard InChI is InChI=1S/C8H3Cl2NO/c9-4-1-2-6-5(3-4)7(12)8(10)11-6/h1-3H. The van der Waals surface area contributed by atoms with Crippen molar-refractivity contribution < 1.29 is 4.79 Å². The van der Waals surface area contributed by atoms with Crippen molar-refractivity contribution in [2.24, 2.45) is 4.99 Å². The van der Waals surface area contributed by atoms with Crippen molar-refractivity contribution in [3.8, 4) is 0 Å². The molecule has 0 saturated carbocycles. The third-order valence-corrected chi connectivity index (χ3v) is 2.10. The average molecular weight is 200 g/mol. The van der Waals surface area contributed by atoms with Crippen molar-refractivity contribution in [3.05, 3.63) is 28.8 Å². The van der Waals surface area contributed by atoms with Gasteiger partial charge in [0.15, 0.2) is 5.17 Å². The Hall–Kier alpha value is -0.860. The lowest BCUT2D eigenvalue weighted by molar-refractivity contribution is 0.107. The first kappa shape index (κ1) is 7.77. The van der Waals surface area contributed by atoms with Crippen LogP contribution in [-0.2, 0) is 0 Å². The van der Waals surface area contributed by atoms with Crippen molar-refractivity contribution >= 4 is 39.8 Å². The summed E-state index contributed by atoms with van der Waals surface area (Å²) in [4.78, 5) is 15.1. The number of fused-ring (bicyclic) bond motifs is 1. The van der Waals surface area contributed by atoms with E-state index in [-0.39, 0.29) is 11.0 Å². The molecule has 1 aliphatic rings. The third kappa shape index (κ3) is 1.04. The van der Waals surface area contributed by atoms with Crippen LogP contribution in [-0.4, -0.2) is 11.0 Å². The summed E-state index contributed by atoms with van der Waals surface area (Å²) in [7, 11) is 0. The van der Waals surface area contributed by atoms with Crippen molar-refractivity contribution in [1.29, 1.82) is 0 Å². The van der Waals surface area contributed by atoms with E-state index in [9.17, 15) is 4.79 Å². The predicted molar refractivity (Wildman–Crippen MR) is 48.7 cm³/mol. The first-order valence-corrected chi connectivity index (χ1v) is 4.02. The summed E-state index contributed by atoms with van der Waals surface area (Å²) in [5, 5.41) is 0.524. The van der Waals surface area contributed by atoms with E-state index < -0.39 is 0 Å². The van der Waals surface area contributed by atoms with Crippen LogP contribution in [0.2, 0.25) is 5.02 Å². The van der Waals surface area contributed by atoms with Crippen LogP contribution in [0.4, 0.5) is 5.69 Å². The van der Waals surface area contributed by atoms with Crippen LogP contribution in [0.1, 0.15) is 10.4 Å². The second kappa shape index (κ2) is 2.57. The summed E-state index contributed by atoms with van der Waals surface area (Å²) in [6.45, 7) is 0. The van der Waals surface area contributed by atoms with Gasteiger partial charge in [0, 0.05) is 5.02 Å². The Labute approximate surface area is 78.8 Å². The number of halogens is 2. The van der Waals surface area contributed by atoms with E-state index in [1.54, 1.807) is 18.2 Å². The van der Waals surface area contributed by atoms with E-state index in [4.69, 9.17) is 23.2 Å². The Morgan fingerprint density at radius 3 is 2.75 bits per heavy atom. The topological polar surface area (TPSA) is 29.4 Å². The summed E-state index contributed by atoms with van der Waals surface area (Å²) in [6.07, 6.45) is 0. The lowest BCUT2D eigenvalue weighted by Gasteiger charge is -1.94. The van der Waals surface area contributed by atoms with E-state index in [1.807, 2.05) is 0 Å². The predicted octanol–water partition coefficient (Wildman–Crippen LogP) is 2.81. The number of ketones is 1. The van der Waals surface area contributed by atoms with Gasteiger partial charge in [0.1, 0.15) is 0 Å². The number of carbonyl (C=O) groups is 1. The molecule has 0 aromatic heterocycles. The zero-order valence-electron chi connectivity index (χ0n) is 5.84. The Bertz CT molecular complexity index is 398. The molecule has 0 atom stereocenters. The van der Waals surface area contributed by atoms with Crippen LogP contribution >= 0.6 is 23.2 Å². The molecular formula is C8H3Cl2NO. The quantitative estimate of drug-likeness (QED) is 0.632. The smallest absolute Gasteiger partial charge is 0.225 e. The largest absolute Gasteiger partial charge is 0.286 e. The molecule has 1 heterocycles. The minimum atomic E-state index is -0.255. The van der Waals surface area contributed by atoms with Crippen LogP contribution in [0.3, 0.4) is 0 Å². The Morgan fingerprint density at radius 2 is 2.00 bits per heavy atom. The van der Waals surface area contributed by atoms with Crippen LogP contribution in [0.15, 0.2) is 23.2 Å². The number of rotatable bonds is 0. The van der Waals surface area contributed by atoms with E-state index in [0.717, 1.165) is 0 Å². The first-order valence-electron chi connectivity index (χ1n) is 3.27. The molecule has 0 amide bonds. The third-order valence-electron chi connectivity index (χ3n) is 1.61. The minimum Gasteiger partial charge on any atom is -0.286 e. The molecule has 1 aliphatic heterocycles. The van der Waals surface area contributed by atoms with Crippen LogP contribution in [0, 0.1) is 0 Å². The van der Waals surface area contributed by atoms with Crippen LogP contribution < -0.4 is 0 Å². The molecule has 0 spiro atoms. The van der Waals surface area contributed by atoms with Gasteiger partial charge in [-0.2, -0.15) is 0 Å². The molecule has 12 heavy (non-hydrogen) atoms. The van der Waals surface area contributed by atoms with Gasteiger partial charge < -0.3 is 0 Å². The molecule has 0 fully saturated rings. The van der Waals surface area contributed by atoms with Gasteiger partial charge in [0.25, 0.3) is 0 Å². The molecule has 0 aliphatic carbocycles. The molecular weight excluding hydrogens is 197 g/mol. The molecule has 2 rings (SSSR count). The van der Waals surface area contributed by atoms with Gasteiger partial charge in [-0.15, -0.1) is 0 Å². The van der Waals surface area contributed by atoms with E-state index in [2.05, 4.69) is 4.99 Å². The number of carbonyl (C=O) groups excluding carboxylic acids is 1. The van der Waals surface area contributed by atoms with Crippen LogP contribution in [0.25, 0.3) is 0 Å². The summed E-state index contributed by atoms with van der Waals surface area (Å²) < 4.78 is 0. The summed E-state index contributed by atoms with van der Waals surface area (Å²) in [5.41, 5.74) is 1.07. The van der Waals surface area contributed by atoms with Gasteiger partial charge in [-0.05, 0) is 18.2 Å². The molecule has 0 radical (unpaired) electrons. The first-order chi connectivity index (χ1) is 5.68. The highest BCUT2D eigenvalue weighted by molar-refractivity contribution is 6.86.